The molecule has 1 saturated heterocycles. The zero-order valence-corrected chi connectivity index (χ0v) is 21.4. The number of rotatable bonds is 6. The van der Waals surface area contributed by atoms with Crippen LogP contribution in [-0.2, 0) is 14.8 Å². The first-order valence-electron chi connectivity index (χ1n) is 11.7. The summed E-state index contributed by atoms with van der Waals surface area (Å²) in [4.78, 5) is 25.2. The number of ether oxygens (including phenoxy) is 1. The molecule has 1 saturated carbocycles. The van der Waals surface area contributed by atoms with Crippen molar-refractivity contribution in [3.8, 4) is 0 Å². The van der Waals surface area contributed by atoms with E-state index < -0.39 is 22.6 Å². The fraction of sp³-hybridized carbons (Fsp3) is 0.481. The maximum Gasteiger partial charge on any atom is 0.338 e. The Hall–Kier alpha value is -2.51. The summed E-state index contributed by atoms with van der Waals surface area (Å²) < 4.78 is 33.9. The van der Waals surface area contributed by atoms with Gasteiger partial charge in [-0.25, -0.2) is 13.2 Å². The van der Waals surface area contributed by atoms with Crippen LogP contribution < -0.4 is 0 Å². The Morgan fingerprint density at radius 3 is 2.44 bits per heavy atom. The molecule has 2 aromatic carbocycles. The van der Waals surface area contributed by atoms with Gasteiger partial charge in [0.2, 0.25) is 10.0 Å². The van der Waals surface area contributed by atoms with Crippen LogP contribution in [-0.4, -0.2) is 43.7 Å². The fourth-order valence-corrected chi connectivity index (χ4v) is 7.64. The quantitative estimate of drug-likeness (QED) is 0.430. The Balaban J connectivity index is 1.48. The van der Waals surface area contributed by atoms with Crippen molar-refractivity contribution in [2.75, 3.05) is 13.2 Å². The van der Waals surface area contributed by atoms with Gasteiger partial charge in [0.25, 0.3) is 0 Å². The first-order chi connectivity index (χ1) is 15.8. The summed E-state index contributed by atoms with van der Waals surface area (Å²) in [5, 5.41) is 0. The van der Waals surface area contributed by atoms with E-state index in [-0.39, 0.29) is 33.1 Å². The van der Waals surface area contributed by atoms with Crippen LogP contribution in [0.15, 0.2) is 47.4 Å². The number of carbonyl (C=O) groups excluding carboxylic acids is 2. The summed E-state index contributed by atoms with van der Waals surface area (Å²) in [6.45, 7) is 10.5. The lowest BCUT2D eigenvalue weighted by molar-refractivity contribution is 0.0474. The summed E-state index contributed by atoms with van der Waals surface area (Å²) in [5.41, 5.74) is 2.71. The topological polar surface area (TPSA) is 80.8 Å². The molecular formula is C27H33NO5S. The first kappa shape index (κ1) is 24.6. The Labute approximate surface area is 202 Å². The summed E-state index contributed by atoms with van der Waals surface area (Å²) in [7, 11) is -3.76. The largest absolute Gasteiger partial charge is 0.454 e. The summed E-state index contributed by atoms with van der Waals surface area (Å²) in [6, 6.07) is 11.2. The molecule has 0 radical (unpaired) electrons. The van der Waals surface area contributed by atoms with Gasteiger partial charge in [0.15, 0.2) is 12.4 Å². The molecule has 1 aliphatic carbocycles. The van der Waals surface area contributed by atoms with Gasteiger partial charge in [-0.2, -0.15) is 4.31 Å². The highest BCUT2D eigenvalue weighted by molar-refractivity contribution is 7.89. The molecule has 0 N–H and O–H groups in total. The second-order valence-corrected chi connectivity index (χ2v) is 13.0. The number of nitrogens with zero attached hydrogens (tertiary/aromatic N) is 1. The van der Waals surface area contributed by atoms with Crippen LogP contribution in [0.2, 0.25) is 0 Å². The van der Waals surface area contributed by atoms with Crippen LogP contribution in [0.3, 0.4) is 0 Å². The molecule has 0 amide bonds. The zero-order chi connectivity index (χ0) is 24.9. The van der Waals surface area contributed by atoms with Crippen molar-refractivity contribution in [3.63, 3.8) is 0 Å². The van der Waals surface area contributed by atoms with Gasteiger partial charge in [0, 0.05) is 18.2 Å². The number of sulfonamides is 1. The van der Waals surface area contributed by atoms with Crippen molar-refractivity contribution in [3.05, 3.63) is 64.7 Å². The smallest absolute Gasteiger partial charge is 0.338 e. The van der Waals surface area contributed by atoms with E-state index in [0.29, 0.717) is 12.1 Å². The molecule has 2 aliphatic rings. The highest BCUT2D eigenvalue weighted by Gasteiger charge is 2.53. The molecule has 4 rings (SSSR count). The number of benzene rings is 2. The van der Waals surface area contributed by atoms with Crippen molar-refractivity contribution < 1.29 is 22.7 Å². The van der Waals surface area contributed by atoms with Gasteiger partial charge < -0.3 is 4.74 Å². The predicted octanol–water partition coefficient (Wildman–Crippen LogP) is 4.93. The third kappa shape index (κ3) is 4.82. The Morgan fingerprint density at radius 1 is 1.00 bits per heavy atom. The highest BCUT2D eigenvalue weighted by Crippen LogP contribution is 2.53. The van der Waals surface area contributed by atoms with Gasteiger partial charge in [0.05, 0.1) is 10.5 Å². The second-order valence-electron chi connectivity index (χ2n) is 11.1. The lowest BCUT2D eigenvalue weighted by atomic mass is 9.65. The van der Waals surface area contributed by atoms with E-state index in [4.69, 9.17) is 4.74 Å². The summed E-state index contributed by atoms with van der Waals surface area (Å²) in [6.07, 6.45) is 2.67. The van der Waals surface area contributed by atoms with Crippen molar-refractivity contribution in [2.45, 2.75) is 64.8 Å². The van der Waals surface area contributed by atoms with E-state index in [1.165, 1.54) is 18.2 Å². The normalized spacial score (nSPS) is 24.1. The molecule has 2 atom stereocenters. The van der Waals surface area contributed by atoms with E-state index in [1.54, 1.807) is 22.5 Å². The summed E-state index contributed by atoms with van der Waals surface area (Å²) >= 11 is 0. The van der Waals surface area contributed by atoms with E-state index >= 15 is 0 Å². The van der Waals surface area contributed by atoms with Crippen LogP contribution in [0.1, 0.15) is 71.9 Å². The monoisotopic (exact) mass is 483 g/mol. The minimum absolute atomic E-state index is 0.0370. The molecular weight excluding hydrogens is 450 g/mol. The molecule has 0 spiro atoms. The highest BCUT2D eigenvalue weighted by atomic mass is 32.2. The zero-order valence-electron chi connectivity index (χ0n) is 20.6. The SMILES string of the molecule is Cc1ccc(C(=O)COC(=O)c2cccc(S(=O)(=O)N3CC4(C)CC3CC(C)(C)C4)c2)cc1C. The average Bonchev–Trinajstić information content (AvgIpc) is 3.03. The van der Waals surface area contributed by atoms with Crippen molar-refractivity contribution in [1.82, 2.24) is 4.31 Å². The van der Waals surface area contributed by atoms with Gasteiger partial charge >= 0.3 is 5.97 Å². The van der Waals surface area contributed by atoms with Crippen LogP contribution in [0.25, 0.3) is 0 Å². The number of esters is 1. The number of fused-ring (bicyclic) bond motifs is 2. The predicted molar refractivity (Wildman–Crippen MR) is 130 cm³/mol. The lowest BCUT2D eigenvalue weighted by Crippen LogP contribution is -2.37. The van der Waals surface area contributed by atoms with Crippen LogP contribution >= 0.6 is 0 Å². The number of Topliss-reactive ketones (excluding diaryl/α,β-unsaturated/α-hetero) is 1. The maximum absolute atomic E-state index is 13.5. The molecule has 1 aliphatic heterocycles. The van der Waals surface area contributed by atoms with Crippen LogP contribution in [0.5, 0.6) is 0 Å². The third-order valence-electron chi connectivity index (χ3n) is 7.21. The van der Waals surface area contributed by atoms with E-state index in [1.807, 2.05) is 19.9 Å². The molecule has 7 heteroatoms. The maximum atomic E-state index is 13.5. The molecule has 2 unspecified atom stereocenters. The third-order valence-corrected chi connectivity index (χ3v) is 9.10. The van der Waals surface area contributed by atoms with E-state index in [9.17, 15) is 18.0 Å². The van der Waals surface area contributed by atoms with Crippen molar-refractivity contribution in [2.24, 2.45) is 10.8 Å². The Morgan fingerprint density at radius 2 is 1.74 bits per heavy atom. The van der Waals surface area contributed by atoms with Gasteiger partial charge in [0.1, 0.15) is 0 Å². The van der Waals surface area contributed by atoms with Gasteiger partial charge in [-0.15, -0.1) is 0 Å². The van der Waals surface area contributed by atoms with E-state index in [2.05, 4.69) is 20.8 Å². The lowest BCUT2D eigenvalue weighted by Gasteiger charge is -2.39. The fourth-order valence-electron chi connectivity index (χ4n) is 5.82. The Bertz CT molecular complexity index is 1250. The number of hydrogen-bond acceptors (Lipinski definition) is 5. The average molecular weight is 484 g/mol. The molecule has 0 aromatic heterocycles. The molecule has 2 aromatic rings. The van der Waals surface area contributed by atoms with Crippen molar-refractivity contribution in [1.29, 1.82) is 0 Å². The number of ketones is 1. The molecule has 2 fully saturated rings. The number of carbonyl (C=O) groups is 2. The van der Waals surface area contributed by atoms with Gasteiger partial charge in [-0.1, -0.05) is 39.0 Å². The number of aryl methyl sites for hydroxylation is 2. The molecule has 2 bridgehead atoms. The Kier molecular flexibility index (Phi) is 6.23. The number of hydrogen-bond donors (Lipinski definition) is 0. The minimum Gasteiger partial charge on any atom is -0.454 e. The second kappa shape index (κ2) is 8.61. The molecule has 1 heterocycles. The molecule has 6 nitrogen and oxygen atoms in total. The summed E-state index contributed by atoms with van der Waals surface area (Å²) in [5.74, 6) is -1.03. The van der Waals surface area contributed by atoms with Crippen LogP contribution in [0, 0.1) is 24.7 Å². The minimum atomic E-state index is -3.76. The molecule has 182 valence electrons. The van der Waals surface area contributed by atoms with Gasteiger partial charge in [-0.3, -0.25) is 4.79 Å². The first-order valence-corrected chi connectivity index (χ1v) is 13.1. The molecule has 34 heavy (non-hydrogen) atoms. The van der Waals surface area contributed by atoms with Crippen LogP contribution in [0.4, 0.5) is 0 Å². The van der Waals surface area contributed by atoms with E-state index in [0.717, 1.165) is 30.4 Å². The standard InChI is InChI=1S/C27H33NO5S/c1-18-9-10-20(11-19(18)2)24(29)15-33-25(30)21-7-6-8-23(12-21)34(31,32)28-17-27(5)14-22(28)13-26(3,4)16-27/h6-12,22H,13-17H2,1-5H3. The van der Waals surface area contributed by atoms with Crippen molar-refractivity contribution >= 4 is 21.8 Å². The van der Waals surface area contributed by atoms with Gasteiger partial charge in [-0.05, 0) is 79.3 Å².